The molecule has 0 N–H and O–H groups in total. The van der Waals surface area contributed by atoms with Crippen LogP contribution in [-0.4, -0.2) is 43.6 Å². The minimum Gasteiger partial charge on any atom is -0.497 e. The molecule has 6 nitrogen and oxygen atoms in total. The van der Waals surface area contributed by atoms with Gasteiger partial charge >= 0.3 is 0 Å². The van der Waals surface area contributed by atoms with Crippen LogP contribution in [0.2, 0.25) is 0 Å². The van der Waals surface area contributed by atoms with Crippen molar-refractivity contribution in [2.45, 2.75) is 5.92 Å². The van der Waals surface area contributed by atoms with Gasteiger partial charge in [-0.15, -0.1) is 5.10 Å². The second kappa shape index (κ2) is 7.07. The Hall–Kier alpha value is -2.65. The van der Waals surface area contributed by atoms with Gasteiger partial charge in [0, 0.05) is 13.1 Å². The van der Waals surface area contributed by atoms with Gasteiger partial charge in [-0.05, 0) is 29.8 Å². The Morgan fingerprint density at radius 2 is 1.87 bits per heavy atom. The van der Waals surface area contributed by atoms with Gasteiger partial charge in [0.25, 0.3) is 0 Å². The Kier molecular flexibility index (Phi) is 4.69. The number of rotatable bonds is 4. The van der Waals surface area contributed by atoms with Gasteiger partial charge in [0.2, 0.25) is 0 Å². The zero-order valence-electron chi connectivity index (χ0n) is 13.0. The van der Waals surface area contributed by atoms with Crippen molar-refractivity contribution in [3.63, 3.8) is 0 Å². The monoisotopic (exact) mass is 310 g/mol. The number of anilines is 1. The van der Waals surface area contributed by atoms with Crippen molar-refractivity contribution in [3.05, 3.63) is 47.7 Å². The Morgan fingerprint density at radius 3 is 2.43 bits per heavy atom. The molecule has 1 atom stereocenters. The van der Waals surface area contributed by atoms with Crippen LogP contribution < -0.4 is 9.64 Å². The SMILES string of the molecule is COc1ccc(C(C#N)c2ccc(N3CCOCC3)nn2)cc1. The third-order valence-corrected chi connectivity index (χ3v) is 3.88. The number of hydrogen-bond acceptors (Lipinski definition) is 6. The maximum absolute atomic E-state index is 9.50. The minimum absolute atomic E-state index is 0.438. The van der Waals surface area contributed by atoms with Crippen LogP contribution in [0.5, 0.6) is 5.75 Å². The topological polar surface area (TPSA) is 71.3 Å². The summed E-state index contributed by atoms with van der Waals surface area (Å²) in [7, 11) is 1.62. The van der Waals surface area contributed by atoms with Gasteiger partial charge in [0.1, 0.15) is 11.7 Å². The molecule has 0 aliphatic carbocycles. The Bertz CT molecular complexity index is 673. The van der Waals surface area contributed by atoms with Crippen molar-refractivity contribution in [2.75, 3.05) is 38.3 Å². The summed E-state index contributed by atoms with van der Waals surface area (Å²) in [4.78, 5) is 2.13. The normalized spacial score (nSPS) is 15.7. The maximum atomic E-state index is 9.50. The van der Waals surface area contributed by atoms with Crippen LogP contribution in [0.15, 0.2) is 36.4 Å². The third-order valence-electron chi connectivity index (χ3n) is 3.88. The van der Waals surface area contributed by atoms with Crippen molar-refractivity contribution in [3.8, 4) is 11.8 Å². The van der Waals surface area contributed by atoms with Gasteiger partial charge in [0.15, 0.2) is 5.82 Å². The van der Waals surface area contributed by atoms with Crippen molar-refractivity contribution in [1.82, 2.24) is 10.2 Å². The highest BCUT2D eigenvalue weighted by atomic mass is 16.5. The summed E-state index contributed by atoms with van der Waals surface area (Å²) in [5, 5.41) is 18.0. The fourth-order valence-electron chi connectivity index (χ4n) is 2.56. The first-order valence-electron chi connectivity index (χ1n) is 7.51. The molecule has 0 bridgehead atoms. The van der Waals surface area contributed by atoms with Crippen LogP contribution in [0.3, 0.4) is 0 Å². The van der Waals surface area contributed by atoms with E-state index in [4.69, 9.17) is 9.47 Å². The predicted molar refractivity (Wildman–Crippen MR) is 85.5 cm³/mol. The van der Waals surface area contributed by atoms with Crippen molar-refractivity contribution < 1.29 is 9.47 Å². The molecule has 1 fully saturated rings. The van der Waals surface area contributed by atoms with Crippen LogP contribution in [0.25, 0.3) is 0 Å². The number of nitriles is 1. The first-order chi connectivity index (χ1) is 11.3. The molecule has 2 aromatic rings. The number of morpholine rings is 1. The quantitative estimate of drug-likeness (QED) is 0.860. The average Bonchev–Trinajstić information content (AvgIpc) is 2.64. The van der Waals surface area contributed by atoms with Crippen molar-refractivity contribution in [1.29, 1.82) is 5.26 Å². The molecular formula is C17H18N4O2. The molecule has 118 valence electrons. The number of benzene rings is 1. The smallest absolute Gasteiger partial charge is 0.151 e. The number of hydrogen-bond donors (Lipinski definition) is 0. The average molecular weight is 310 g/mol. The largest absolute Gasteiger partial charge is 0.497 e. The first-order valence-corrected chi connectivity index (χ1v) is 7.51. The highest BCUT2D eigenvalue weighted by Crippen LogP contribution is 2.25. The maximum Gasteiger partial charge on any atom is 0.151 e. The zero-order valence-corrected chi connectivity index (χ0v) is 13.0. The zero-order chi connectivity index (χ0) is 16.1. The molecule has 0 radical (unpaired) electrons. The molecule has 1 aliphatic heterocycles. The van der Waals surface area contributed by atoms with E-state index in [2.05, 4.69) is 21.2 Å². The molecule has 1 saturated heterocycles. The molecular weight excluding hydrogens is 292 g/mol. The molecule has 1 aromatic heterocycles. The third kappa shape index (κ3) is 3.41. The molecule has 1 aromatic carbocycles. The van der Waals surface area contributed by atoms with Gasteiger partial charge < -0.3 is 14.4 Å². The van der Waals surface area contributed by atoms with Gasteiger partial charge in [-0.25, -0.2) is 0 Å². The van der Waals surface area contributed by atoms with Crippen LogP contribution >= 0.6 is 0 Å². The fraction of sp³-hybridized carbons (Fsp3) is 0.353. The summed E-state index contributed by atoms with van der Waals surface area (Å²) in [6.45, 7) is 3.04. The van der Waals surface area contributed by atoms with Gasteiger partial charge in [0.05, 0.1) is 32.1 Å². The predicted octanol–water partition coefficient (Wildman–Crippen LogP) is 1.98. The molecule has 23 heavy (non-hydrogen) atoms. The van der Waals surface area contributed by atoms with E-state index >= 15 is 0 Å². The van der Waals surface area contributed by atoms with E-state index in [-0.39, 0.29) is 0 Å². The second-order valence-electron chi connectivity index (χ2n) is 5.25. The molecule has 0 amide bonds. The molecule has 1 unspecified atom stereocenters. The summed E-state index contributed by atoms with van der Waals surface area (Å²) in [5.41, 5.74) is 1.52. The molecule has 0 spiro atoms. The van der Waals surface area contributed by atoms with Gasteiger partial charge in [-0.3, -0.25) is 0 Å². The summed E-state index contributed by atoms with van der Waals surface area (Å²) >= 11 is 0. The van der Waals surface area contributed by atoms with E-state index in [1.165, 1.54) is 0 Å². The summed E-state index contributed by atoms with van der Waals surface area (Å²) in [6, 6.07) is 13.5. The molecule has 0 saturated carbocycles. The Morgan fingerprint density at radius 1 is 1.13 bits per heavy atom. The standard InChI is InChI=1S/C17H18N4O2/c1-22-14-4-2-13(3-5-14)15(12-18)16-6-7-17(20-19-16)21-8-10-23-11-9-21/h2-7,15H,8-11H2,1H3. The van der Waals surface area contributed by atoms with E-state index in [1.807, 2.05) is 36.4 Å². The lowest BCUT2D eigenvalue weighted by Gasteiger charge is -2.27. The minimum atomic E-state index is -0.438. The lowest BCUT2D eigenvalue weighted by molar-refractivity contribution is 0.122. The number of nitrogens with zero attached hydrogens (tertiary/aromatic N) is 4. The Labute approximate surface area is 135 Å². The van der Waals surface area contributed by atoms with Crippen LogP contribution in [0.1, 0.15) is 17.2 Å². The van der Waals surface area contributed by atoms with Gasteiger partial charge in [-0.1, -0.05) is 12.1 Å². The number of aromatic nitrogens is 2. The lowest BCUT2D eigenvalue weighted by Crippen LogP contribution is -2.36. The lowest BCUT2D eigenvalue weighted by atomic mass is 9.97. The first kappa shape index (κ1) is 15.3. The number of ether oxygens (including phenoxy) is 2. The van der Waals surface area contributed by atoms with Crippen molar-refractivity contribution >= 4 is 5.82 Å². The summed E-state index contributed by atoms with van der Waals surface area (Å²) in [5.74, 6) is 1.15. The Balaban J connectivity index is 1.79. The molecule has 6 heteroatoms. The van der Waals surface area contributed by atoms with E-state index in [0.29, 0.717) is 18.9 Å². The highest BCUT2D eigenvalue weighted by Gasteiger charge is 2.18. The molecule has 1 aliphatic rings. The summed E-state index contributed by atoms with van der Waals surface area (Å²) in [6.07, 6.45) is 0. The molecule has 3 rings (SSSR count). The molecule has 2 heterocycles. The van der Waals surface area contributed by atoms with E-state index in [0.717, 1.165) is 30.2 Å². The van der Waals surface area contributed by atoms with Crippen LogP contribution in [-0.2, 0) is 4.74 Å². The van der Waals surface area contributed by atoms with Crippen molar-refractivity contribution in [2.24, 2.45) is 0 Å². The van der Waals surface area contributed by atoms with Gasteiger partial charge in [-0.2, -0.15) is 10.4 Å². The number of methoxy groups -OCH3 is 1. The van der Waals surface area contributed by atoms with E-state index in [9.17, 15) is 5.26 Å². The van der Waals surface area contributed by atoms with Crippen LogP contribution in [0, 0.1) is 11.3 Å². The van der Waals surface area contributed by atoms with E-state index < -0.39 is 5.92 Å². The fourth-order valence-corrected chi connectivity index (χ4v) is 2.56. The second-order valence-corrected chi connectivity index (χ2v) is 5.25. The summed E-state index contributed by atoms with van der Waals surface area (Å²) < 4.78 is 10.5. The van der Waals surface area contributed by atoms with Crippen LogP contribution in [0.4, 0.5) is 5.82 Å². The van der Waals surface area contributed by atoms with E-state index in [1.54, 1.807) is 7.11 Å². The highest BCUT2D eigenvalue weighted by molar-refractivity contribution is 5.42.